The van der Waals surface area contributed by atoms with E-state index in [1.165, 1.54) is 6.20 Å². The lowest BCUT2D eigenvalue weighted by molar-refractivity contribution is 0.0744. The van der Waals surface area contributed by atoms with E-state index < -0.39 is 6.10 Å². The fourth-order valence-corrected chi connectivity index (χ4v) is 4.59. The van der Waals surface area contributed by atoms with E-state index in [0.29, 0.717) is 41.7 Å². The fraction of sp³-hybridized carbons (Fsp3) is 0.360. The van der Waals surface area contributed by atoms with Crippen LogP contribution >= 0.6 is 0 Å². The molecule has 0 aliphatic carbocycles. The fourth-order valence-electron chi connectivity index (χ4n) is 4.59. The zero-order valence-corrected chi connectivity index (χ0v) is 20.1. The number of pyridine rings is 2. The van der Waals surface area contributed by atoms with Crippen LogP contribution in [-0.4, -0.2) is 61.1 Å². The van der Waals surface area contributed by atoms with Crippen molar-refractivity contribution < 1.29 is 9.47 Å². The summed E-state index contributed by atoms with van der Waals surface area (Å²) in [5, 5.41) is 27.8. The Kier molecular flexibility index (Phi) is 6.48. The maximum atomic E-state index is 9.67. The molecule has 36 heavy (non-hydrogen) atoms. The molecule has 0 radical (unpaired) electrons. The molecule has 5 heterocycles. The van der Waals surface area contributed by atoms with Gasteiger partial charge in [-0.25, -0.2) is 9.67 Å². The summed E-state index contributed by atoms with van der Waals surface area (Å²) in [6.07, 6.45) is 6.61. The van der Waals surface area contributed by atoms with E-state index in [1.54, 1.807) is 22.6 Å². The van der Waals surface area contributed by atoms with E-state index in [4.69, 9.17) is 14.7 Å². The molecule has 1 atom stereocenters. The van der Waals surface area contributed by atoms with Crippen LogP contribution in [-0.2, 0) is 4.74 Å². The van der Waals surface area contributed by atoms with Crippen LogP contribution in [0.1, 0.15) is 42.1 Å². The number of fused-ring (bicyclic) bond motifs is 1. The summed E-state index contributed by atoms with van der Waals surface area (Å²) in [5.74, 6) is 0.431. The Morgan fingerprint density at radius 1 is 1.17 bits per heavy atom. The number of hydrogen-bond donors (Lipinski definition) is 0. The number of ether oxygens (including phenoxy) is 2. The molecule has 182 valence electrons. The van der Waals surface area contributed by atoms with Gasteiger partial charge in [0.1, 0.15) is 23.1 Å². The van der Waals surface area contributed by atoms with Crippen molar-refractivity contribution in [1.82, 2.24) is 34.3 Å². The van der Waals surface area contributed by atoms with Crippen molar-refractivity contribution in [2.24, 2.45) is 0 Å². The van der Waals surface area contributed by atoms with Gasteiger partial charge in [-0.2, -0.15) is 10.5 Å². The average Bonchev–Trinajstić information content (AvgIpc) is 3.52. The van der Waals surface area contributed by atoms with Crippen LogP contribution in [0.3, 0.4) is 0 Å². The highest BCUT2D eigenvalue weighted by Crippen LogP contribution is 2.32. The average molecular weight is 484 g/mol. The van der Waals surface area contributed by atoms with Gasteiger partial charge in [0.2, 0.25) is 5.88 Å². The maximum absolute atomic E-state index is 9.67. The molecule has 1 fully saturated rings. The lowest BCUT2D eigenvalue weighted by atomic mass is 10.0. The molecule has 0 saturated carbocycles. The largest absolute Gasteiger partial charge is 0.466 e. The number of hydrogen-bond acceptors (Lipinski definition) is 9. The standard InChI is InChI=1S/C25H25N9O2/c1-17-25(30-31-34(17)19-6-9-32(16-27)10-7-19)18-11-23-29-14-20(13-26)33(23)24(12-18)36-22(15-35-2)21-5-3-4-8-28-21/h3-5,8,11-12,14,19,22H,6-7,9-10,15H2,1-2H3. The third kappa shape index (κ3) is 4.32. The molecule has 5 rings (SSSR count). The molecule has 0 bridgehead atoms. The molecule has 4 aromatic rings. The summed E-state index contributed by atoms with van der Waals surface area (Å²) < 4.78 is 15.4. The van der Waals surface area contributed by atoms with Crippen LogP contribution in [0.4, 0.5) is 0 Å². The van der Waals surface area contributed by atoms with Gasteiger partial charge in [-0.1, -0.05) is 11.3 Å². The van der Waals surface area contributed by atoms with Gasteiger partial charge in [-0.3, -0.25) is 9.38 Å². The molecule has 11 nitrogen and oxygen atoms in total. The number of aromatic nitrogens is 6. The van der Waals surface area contributed by atoms with E-state index in [2.05, 4.69) is 32.5 Å². The lowest BCUT2D eigenvalue weighted by Crippen LogP contribution is -2.31. The first-order chi connectivity index (χ1) is 17.6. The zero-order valence-electron chi connectivity index (χ0n) is 20.1. The quantitative estimate of drug-likeness (QED) is 0.364. The van der Waals surface area contributed by atoms with Crippen LogP contribution in [0.5, 0.6) is 5.88 Å². The maximum Gasteiger partial charge on any atom is 0.201 e. The Morgan fingerprint density at radius 3 is 2.69 bits per heavy atom. The molecule has 1 aliphatic heterocycles. The Labute approximate surface area is 208 Å². The predicted molar refractivity (Wildman–Crippen MR) is 129 cm³/mol. The number of rotatable bonds is 7. The Hall–Kier alpha value is -4.48. The number of imidazole rings is 1. The molecule has 1 aliphatic rings. The third-order valence-corrected chi connectivity index (χ3v) is 6.44. The minimum absolute atomic E-state index is 0.183. The molecule has 0 N–H and O–H groups in total. The summed E-state index contributed by atoms with van der Waals surface area (Å²) >= 11 is 0. The lowest BCUT2D eigenvalue weighted by Gasteiger charge is -2.28. The molecular weight excluding hydrogens is 458 g/mol. The van der Waals surface area contributed by atoms with Gasteiger partial charge in [-0.05, 0) is 38.0 Å². The number of nitriles is 2. The van der Waals surface area contributed by atoms with Crippen LogP contribution in [0.2, 0.25) is 0 Å². The Balaban J connectivity index is 1.54. The Morgan fingerprint density at radius 2 is 2.00 bits per heavy atom. The van der Waals surface area contributed by atoms with Crippen LogP contribution < -0.4 is 4.74 Å². The molecular formula is C25H25N9O2. The molecule has 11 heteroatoms. The first kappa shape index (κ1) is 23.3. The number of piperidine rings is 1. The second-order valence-electron chi connectivity index (χ2n) is 8.63. The van der Waals surface area contributed by atoms with Gasteiger partial charge in [0.05, 0.1) is 30.2 Å². The van der Waals surface area contributed by atoms with Crippen molar-refractivity contribution in [3.63, 3.8) is 0 Å². The molecule has 0 spiro atoms. The van der Waals surface area contributed by atoms with Gasteiger partial charge in [0.25, 0.3) is 0 Å². The highest BCUT2D eigenvalue weighted by atomic mass is 16.5. The number of nitrogens with zero attached hydrogens (tertiary/aromatic N) is 9. The summed E-state index contributed by atoms with van der Waals surface area (Å²) in [5.41, 5.74) is 4.05. The minimum atomic E-state index is -0.495. The van der Waals surface area contributed by atoms with Gasteiger partial charge in [0.15, 0.2) is 12.3 Å². The van der Waals surface area contributed by atoms with E-state index in [-0.39, 0.29) is 12.6 Å². The summed E-state index contributed by atoms with van der Waals surface area (Å²) in [6, 6.07) is 11.7. The topological polar surface area (TPSA) is 130 Å². The van der Waals surface area contributed by atoms with Crippen molar-refractivity contribution in [3.05, 3.63) is 59.8 Å². The second kappa shape index (κ2) is 10.0. The van der Waals surface area contributed by atoms with Crippen molar-refractivity contribution in [1.29, 1.82) is 10.5 Å². The summed E-state index contributed by atoms with van der Waals surface area (Å²) in [4.78, 5) is 10.6. The second-order valence-corrected chi connectivity index (χ2v) is 8.63. The predicted octanol–water partition coefficient (Wildman–Crippen LogP) is 3.05. The van der Waals surface area contributed by atoms with Gasteiger partial charge >= 0.3 is 0 Å². The van der Waals surface area contributed by atoms with Crippen LogP contribution in [0.25, 0.3) is 16.9 Å². The van der Waals surface area contributed by atoms with Crippen LogP contribution in [0.15, 0.2) is 42.7 Å². The first-order valence-corrected chi connectivity index (χ1v) is 11.7. The normalized spacial score (nSPS) is 14.9. The van der Waals surface area contributed by atoms with Gasteiger partial charge in [-0.15, -0.1) is 5.10 Å². The smallest absolute Gasteiger partial charge is 0.201 e. The highest BCUT2D eigenvalue weighted by molar-refractivity contribution is 5.68. The molecule has 4 aromatic heterocycles. The van der Waals surface area contributed by atoms with Crippen LogP contribution in [0, 0.1) is 29.7 Å². The van der Waals surface area contributed by atoms with Crippen molar-refractivity contribution in [3.8, 4) is 29.4 Å². The van der Waals surface area contributed by atoms with Crippen molar-refractivity contribution in [2.45, 2.75) is 31.9 Å². The minimum Gasteiger partial charge on any atom is -0.466 e. The van der Waals surface area contributed by atoms with Gasteiger partial charge in [0, 0.05) is 38.0 Å². The molecule has 1 unspecified atom stereocenters. The first-order valence-electron chi connectivity index (χ1n) is 11.7. The van der Waals surface area contributed by atoms with Crippen molar-refractivity contribution >= 4 is 5.65 Å². The Bertz CT molecular complexity index is 1440. The molecule has 1 saturated heterocycles. The number of likely N-dealkylation sites (tertiary alicyclic amines) is 1. The third-order valence-electron chi connectivity index (χ3n) is 6.44. The van der Waals surface area contributed by atoms with E-state index >= 15 is 0 Å². The molecule has 0 aromatic carbocycles. The summed E-state index contributed by atoms with van der Waals surface area (Å²) in [7, 11) is 1.60. The summed E-state index contributed by atoms with van der Waals surface area (Å²) in [6.45, 7) is 3.68. The molecule has 0 amide bonds. The van der Waals surface area contributed by atoms with E-state index in [0.717, 1.165) is 24.1 Å². The van der Waals surface area contributed by atoms with Crippen molar-refractivity contribution in [2.75, 3.05) is 26.8 Å². The van der Waals surface area contributed by atoms with E-state index in [1.807, 2.05) is 41.9 Å². The number of methoxy groups -OCH3 is 1. The SMILES string of the molecule is COCC(Oc1cc(-c2nnn(C3CCN(C#N)CC3)c2C)cc2ncc(C#N)n12)c1ccccn1. The van der Waals surface area contributed by atoms with Gasteiger partial charge < -0.3 is 14.4 Å². The highest BCUT2D eigenvalue weighted by Gasteiger charge is 2.25. The zero-order chi connectivity index (χ0) is 25.1. The monoisotopic (exact) mass is 483 g/mol. The van der Waals surface area contributed by atoms with E-state index in [9.17, 15) is 5.26 Å².